The summed E-state index contributed by atoms with van der Waals surface area (Å²) in [6.45, 7) is 5.86. The minimum atomic E-state index is -0.279. The number of rotatable bonds is 4. The summed E-state index contributed by atoms with van der Waals surface area (Å²) in [6.07, 6.45) is 0. The van der Waals surface area contributed by atoms with Gasteiger partial charge in [-0.2, -0.15) is 0 Å². The fourth-order valence-electron chi connectivity index (χ4n) is 2.50. The second-order valence-electron chi connectivity index (χ2n) is 6.06. The highest BCUT2D eigenvalue weighted by Crippen LogP contribution is 2.34. The highest BCUT2D eigenvalue weighted by molar-refractivity contribution is 8.00. The van der Waals surface area contributed by atoms with Crippen molar-refractivity contribution in [2.45, 2.75) is 30.9 Å². The Bertz CT molecular complexity index is 835. The maximum absolute atomic E-state index is 12.5. The number of hydrogen-bond donors (Lipinski definition) is 2. The van der Waals surface area contributed by atoms with Crippen molar-refractivity contribution >= 4 is 35.0 Å². The van der Waals surface area contributed by atoms with E-state index in [1.54, 1.807) is 0 Å². The molecule has 3 rings (SSSR count). The quantitative estimate of drug-likeness (QED) is 0.819. The van der Waals surface area contributed by atoms with Crippen LogP contribution in [0.25, 0.3) is 0 Å². The van der Waals surface area contributed by atoms with Crippen LogP contribution in [0.3, 0.4) is 0 Å². The zero-order valence-electron chi connectivity index (χ0n) is 14.4. The molecule has 6 heteroatoms. The first-order chi connectivity index (χ1) is 11.9. The molecule has 1 heterocycles. The predicted octanol–water partition coefficient (Wildman–Crippen LogP) is 3.75. The third kappa shape index (κ3) is 4.14. The van der Waals surface area contributed by atoms with Crippen molar-refractivity contribution in [2.24, 2.45) is 0 Å². The van der Waals surface area contributed by atoms with E-state index in [-0.39, 0.29) is 23.7 Å². The van der Waals surface area contributed by atoms with Crippen LogP contribution < -0.4 is 15.4 Å². The van der Waals surface area contributed by atoms with Gasteiger partial charge in [-0.3, -0.25) is 9.59 Å². The molecule has 1 aliphatic rings. The maximum atomic E-state index is 12.5. The lowest BCUT2D eigenvalue weighted by Gasteiger charge is -2.19. The Hall–Kier alpha value is -2.47. The predicted molar refractivity (Wildman–Crippen MR) is 100 cm³/mol. The average molecular weight is 356 g/mol. The van der Waals surface area contributed by atoms with Crippen molar-refractivity contribution < 1.29 is 14.3 Å². The Labute approximate surface area is 151 Å². The van der Waals surface area contributed by atoms with Gasteiger partial charge < -0.3 is 15.4 Å². The highest BCUT2D eigenvalue weighted by atomic mass is 32.2. The summed E-state index contributed by atoms with van der Waals surface area (Å²) in [4.78, 5) is 24.8. The Morgan fingerprint density at radius 3 is 2.84 bits per heavy atom. The molecule has 0 spiro atoms. The van der Waals surface area contributed by atoms with E-state index in [1.165, 1.54) is 11.8 Å². The third-order valence-electron chi connectivity index (χ3n) is 3.92. The number of anilines is 2. The molecule has 0 radical (unpaired) electrons. The van der Waals surface area contributed by atoms with Crippen LogP contribution in [-0.2, 0) is 9.59 Å². The Kier molecular flexibility index (Phi) is 4.99. The topological polar surface area (TPSA) is 67.4 Å². The van der Waals surface area contributed by atoms with Crippen LogP contribution in [0.1, 0.15) is 18.1 Å². The molecule has 0 fully saturated rings. The Morgan fingerprint density at radius 2 is 2.04 bits per heavy atom. The molecule has 0 bridgehead atoms. The number of carbonyl (C=O) groups is 2. The van der Waals surface area contributed by atoms with Crippen molar-refractivity contribution in [3.8, 4) is 5.75 Å². The highest BCUT2D eigenvalue weighted by Gasteiger charge is 2.19. The summed E-state index contributed by atoms with van der Waals surface area (Å²) in [7, 11) is 0. The molecule has 1 aliphatic heterocycles. The molecule has 2 aromatic carbocycles. The smallest absolute Gasteiger partial charge is 0.262 e. The number of hydrogen-bond acceptors (Lipinski definition) is 4. The normalized spacial score (nSPS) is 14.1. The fourth-order valence-corrected chi connectivity index (χ4v) is 3.40. The number of nitrogens with one attached hydrogen (secondary N) is 2. The Morgan fingerprint density at radius 1 is 1.24 bits per heavy atom. The van der Waals surface area contributed by atoms with Crippen LogP contribution in [0.2, 0.25) is 0 Å². The summed E-state index contributed by atoms with van der Waals surface area (Å²) in [6, 6.07) is 11.5. The fraction of sp³-hybridized carbons (Fsp3) is 0.263. The molecule has 2 aromatic rings. The van der Waals surface area contributed by atoms with E-state index < -0.39 is 0 Å². The van der Waals surface area contributed by atoms with Crippen LogP contribution >= 0.6 is 11.8 Å². The van der Waals surface area contributed by atoms with Gasteiger partial charge in [0.05, 0.1) is 10.9 Å². The molecule has 130 valence electrons. The van der Waals surface area contributed by atoms with Gasteiger partial charge in [0.2, 0.25) is 5.91 Å². The number of thioether (sulfide) groups is 1. The monoisotopic (exact) mass is 356 g/mol. The molecule has 2 N–H and O–H groups in total. The van der Waals surface area contributed by atoms with Crippen LogP contribution in [-0.4, -0.2) is 23.7 Å². The van der Waals surface area contributed by atoms with E-state index in [9.17, 15) is 9.59 Å². The van der Waals surface area contributed by atoms with Crippen LogP contribution in [0.5, 0.6) is 5.75 Å². The first-order valence-corrected chi connectivity index (χ1v) is 8.92. The molecule has 0 aliphatic carbocycles. The first-order valence-electron chi connectivity index (χ1n) is 8.04. The van der Waals surface area contributed by atoms with Crippen molar-refractivity contribution in [2.75, 3.05) is 17.2 Å². The summed E-state index contributed by atoms with van der Waals surface area (Å²) in [5.74, 6) is 0.420. The van der Waals surface area contributed by atoms with Crippen LogP contribution in [0.4, 0.5) is 11.4 Å². The zero-order chi connectivity index (χ0) is 18.0. The van der Waals surface area contributed by atoms with Gasteiger partial charge in [0.15, 0.2) is 6.61 Å². The molecule has 5 nitrogen and oxygen atoms in total. The van der Waals surface area contributed by atoms with E-state index in [2.05, 4.69) is 10.6 Å². The molecule has 0 saturated carbocycles. The summed E-state index contributed by atoms with van der Waals surface area (Å²) in [5, 5.41) is 5.49. The minimum Gasteiger partial charge on any atom is -0.482 e. The molecule has 0 aromatic heterocycles. The lowest BCUT2D eigenvalue weighted by atomic mass is 10.1. The second-order valence-corrected chi connectivity index (χ2v) is 7.48. The number of benzene rings is 2. The molecular weight excluding hydrogens is 336 g/mol. The SMILES string of the molecule is Cc1ccc(C)c(NC(=O)[C@@H](C)Sc2ccc3c(c2)NC(=O)CO3)c1. The third-order valence-corrected chi connectivity index (χ3v) is 5.01. The number of ether oxygens (including phenoxy) is 1. The number of fused-ring (bicyclic) bond motifs is 1. The van der Waals surface area contributed by atoms with Crippen molar-refractivity contribution in [3.05, 3.63) is 47.5 Å². The summed E-state index contributed by atoms with van der Waals surface area (Å²) >= 11 is 1.44. The van der Waals surface area contributed by atoms with Gasteiger partial charge in [0, 0.05) is 10.6 Å². The maximum Gasteiger partial charge on any atom is 0.262 e. The molecular formula is C19H20N2O3S. The number of aryl methyl sites for hydroxylation is 2. The van der Waals surface area contributed by atoms with Crippen molar-refractivity contribution in [1.82, 2.24) is 0 Å². The van der Waals surface area contributed by atoms with Gasteiger partial charge in [-0.05, 0) is 56.2 Å². The number of amides is 2. The molecule has 0 unspecified atom stereocenters. The molecule has 1 atom stereocenters. The van der Waals surface area contributed by atoms with Gasteiger partial charge in [0.25, 0.3) is 5.91 Å². The van der Waals surface area contributed by atoms with Gasteiger partial charge >= 0.3 is 0 Å². The van der Waals surface area contributed by atoms with E-state index in [4.69, 9.17) is 4.74 Å². The van der Waals surface area contributed by atoms with E-state index in [1.807, 2.05) is 57.2 Å². The van der Waals surface area contributed by atoms with Gasteiger partial charge in [-0.1, -0.05) is 12.1 Å². The second kappa shape index (κ2) is 7.19. The van der Waals surface area contributed by atoms with E-state index >= 15 is 0 Å². The Balaban J connectivity index is 1.68. The van der Waals surface area contributed by atoms with E-state index in [0.29, 0.717) is 11.4 Å². The summed E-state index contributed by atoms with van der Waals surface area (Å²) in [5.41, 5.74) is 3.61. The van der Waals surface area contributed by atoms with E-state index in [0.717, 1.165) is 21.7 Å². The van der Waals surface area contributed by atoms with Crippen LogP contribution in [0, 0.1) is 13.8 Å². The van der Waals surface area contributed by atoms with Gasteiger partial charge in [0.1, 0.15) is 5.75 Å². The largest absolute Gasteiger partial charge is 0.482 e. The van der Waals surface area contributed by atoms with Crippen molar-refractivity contribution in [1.29, 1.82) is 0 Å². The number of carbonyl (C=O) groups excluding carboxylic acids is 2. The average Bonchev–Trinajstić information content (AvgIpc) is 2.57. The zero-order valence-corrected chi connectivity index (χ0v) is 15.2. The van der Waals surface area contributed by atoms with Gasteiger partial charge in [-0.25, -0.2) is 0 Å². The lowest BCUT2D eigenvalue weighted by molar-refractivity contribution is -0.118. The minimum absolute atomic E-state index is 0.0359. The standard InChI is InChI=1S/C19H20N2O3S/c1-11-4-5-12(2)15(8-11)21-19(23)13(3)25-14-6-7-17-16(9-14)20-18(22)10-24-17/h4-9,13H,10H2,1-3H3,(H,20,22)(H,21,23)/t13-/m1/s1. The molecule has 25 heavy (non-hydrogen) atoms. The van der Waals surface area contributed by atoms with Crippen molar-refractivity contribution in [3.63, 3.8) is 0 Å². The van der Waals surface area contributed by atoms with Crippen LogP contribution in [0.15, 0.2) is 41.3 Å². The lowest BCUT2D eigenvalue weighted by Crippen LogP contribution is -2.25. The molecule has 0 saturated heterocycles. The molecule has 2 amide bonds. The van der Waals surface area contributed by atoms with Gasteiger partial charge in [-0.15, -0.1) is 11.8 Å². The first kappa shape index (κ1) is 17.4. The summed E-state index contributed by atoms with van der Waals surface area (Å²) < 4.78 is 5.35.